The molecule has 3 rings (SSSR count). The fourth-order valence-corrected chi connectivity index (χ4v) is 3.54. The number of carbonyl (C=O) groups is 2. The molecular weight excluding hydrogens is 288 g/mol. The van der Waals surface area contributed by atoms with Crippen molar-refractivity contribution in [2.24, 2.45) is 11.8 Å². The molecule has 1 aromatic carbocycles. The van der Waals surface area contributed by atoms with Gasteiger partial charge in [-0.1, -0.05) is 31.2 Å². The highest BCUT2D eigenvalue weighted by atomic mass is 16.2. The molecule has 0 unspecified atom stereocenters. The highest BCUT2D eigenvalue weighted by molar-refractivity contribution is 6.03. The van der Waals surface area contributed by atoms with Crippen molar-refractivity contribution >= 4 is 23.2 Å². The number of hydrogen-bond donors (Lipinski definition) is 0. The standard InChI is InChI=1S/C19H24N2O2/c1-14-12-20(15(2)22)17-10-6-7-11-18(17)21(13-14)19(23)16-8-4-3-5-9-16/h3-4,6-7,10-11,14,16H,5,8-9,12-13H2,1-2H3/t14-,16-/m0/s1. The average molecular weight is 312 g/mol. The molecule has 0 aromatic heterocycles. The molecule has 0 bridgehead atoms. The van der Waals surface area contributed by atoms with Gasteiger partial charge in [0.2, 0.25) is 11.8 Å². The number of nitrogens with zero attached hydrogens (tertiary/aromatic N) is 2. The molecule has 1 aliphatic carbocycles. The first-order valence-electron chi connectivity index (χ1n) is 8.41. The summed E-state index contributed by atoms with van der Waals surface area (Å²) in [4.78, 5) is 28.8. The van der Waals surface area contributed by atoms with E-state index in [0.717, 1.165) is 30.6 Å². The summed E-state index contributed by atoms with van der Waals surface area (Å²) in [6.45, 7) is 5.01. The second kappa shape index (κ2) is 6.57. The zero-order valence-electron chi connectivity index (χ0n) is 13.9. The van der Waals surface area contributed by atoms with Crippen LogP contribution in [0, 0.1) is 11.8 Å². The molecule has 0 fully saturated rings. The highest BCUT2D eigenvalue weighted by Gasteiger charge is 2.32. The van der Waals surface area contributed by atoms with Crippen LogP contribution in [0.5, 0.6) is 0 Å². The van der Waals surface area contributed by atoms with E-state index in [1.807, 2.05) is 29.2 Å². The summed E-state index contributed by atoms with van der Waals surface area (Å²) in [5.74, 6) is 0.525. The summed E-state index contributed by atoms with van der Waals surface area (Å²) in [7, 11) is 0. The van der Waals surface area contributed by atoms with E-state index in [1.54, 1.807) is 11.8 Å². The van der Waals surface area contributed by atoms with Crippen molar-refractivity contribution in [3.8, 4) is 0 Å². The van der Waals surface area contributed by atoms with E-state index in [0.29, 0.717) is 13.1 Å². The van der Waals surface area contributed by atoms with E-state index >= 15 is 0 Å². The Bertz CT molecular complexity index is 638. The first-order chi connectivity index (χ1) is 11.1. The summed E-state index contributed by atoms with van der Waals surface area (Å²) in [5.41, 5.74) is 1.72. The number of para-hydroxylation sites is 2. The number of amides is 2. The van der Waals surface area contributed by atoms with Gasteiger partial charge in [0, 0.05) is 25.9 Å². The number of rotatable bonds is 1. The third kappa shape index (κ3) is 3.16. The average Bonchev–Trinajstić information content (AvgIpc) is 2.72. The van der Waals surface area contributed by atoms with Crippen LogP contribution in [-0.4, -0.2) is 24.9 Å². The lowest BCUT2D eigenvalue weighted by Crippen LogP contribution is -2.39. The molecule has 1 aliphatic heterocycles. The van der Waals surface area contributed by atoms with Gasteiger partial charge in [-0.3, -0.25) is 9.59 Å². The fraction of sp³-hybridized carbons (Fsp3) is 0.474. The highest BCUT2D eigenvalue weighted by Crippen LogP contribution is 2.35. The van der Waals surface area contributed by atoms with Gasteiger partial charge in [0.1, 0.15) is 0 Å². The predicted molar refractivity (Wildman–Crippen MR) is 92.5 cm³/mol. The number of carbonyl (C=O) groups excluding carboxylic acids is 2. The van der Waals surface area contributed by atoms with Gasteiger partial charge in [0.15, 0.2) is 0 Å². The minimum atomic E-state index is 0.0270. The molecule has 0 radical (unpaired) electrons. The van der Waals surface area contributed by atoms with Gasteiger partial charge >= 0.3 is 0 Å². The van der Waals surface area contributed by atoms with Crippen molar-refractivity contribution in [1.82, 2.24) is 0 Å². The first kappa shape index (κ1) is 15.8. The van der Waals surface area contributed by atoms with Crippen molar-refractivity contribution in [2.75, 3.05) is 22.9 Å². The molecule has 0 saturated carbocycles. The molecule has 1 aromatic rings. The first-order valence-corrected chi connectivity index (χ1v) is 8.41. The molecule has 122 valence electrons. The van der Waals surface area contributed by atoms with Crippen LogP contribution in [-0.2, 0) is 9.59 Å². The second-order valence-corrected chi connectivity index (χ2v) is 6.65. The predicted octanol–water partition coefficient (Wildman–Crippen LogP) is 3.38. The SMILES string of the molecule is CC(=O)N1C[C@H](C)CN(C(=O)[C@H]2CC=CCC2)c2ccccc21. The molecule has 0 spiro atoms. The molecule has 2 atom stereocenters. The maximum Gasteiger partial charge on any atom is 0.230 e. The maximum atomic E-state index is 13.1. The topological polar surface area (TPSA) is 40.6 Å². The second-order valence-electron chi connectivity index (χ2n) is 6.65. The van der Waals surface area contributed by atoms with Gasteiger partial charge in [-0.15, -0.1) is 0 Å². The monoisotopic (exact) mass is 312 g/mol. The lowest BCUT2D eigenvalue weighted by Gasteiger charge is -2.29. The number of allylic oxidation sites excluding steroid dienone is 2. The minimum absolute atomic E-state index is 0.0270. The van der Waals surface area contributed by atoms with E-state index in [4.69, 9.17) is 0 Å². The molecule has 2 amide bonds. The lowest BCUT2D eigenvalue weighted by molar-refractivity contribution is -0.122. The zero-order chi connectivity index (χ0) is 16.4. The van der Waals surface area contributed by atoms with Crippen molar-refractivity contribution in [2.45, 2.75) is 33.1 Å². The summed E-state index contributed by atoms with van der Waals surface area (Å²) in [6, 6.07) is 7.76. The Kier molecular flexibility index (Phi) is 4.51. The molecule has 4 nitrogen and oxygen atoms in total. The van der Waals surface area contributed by atoms with Crippen molar-refractivity contribution < 1.29 is 9.59 Å². The van der Waals surface area contributed by atoms with Crippen LogP contribution in [0.15, 0.2) is 36.4 Å². The van der Waals surface area contributed by atoms with Gasteiger partial charge in [-0.05, 0) is 37.3 Å². The van der Waals surface area contributed by atoms with E-state index in [9.17, 15) is 9.59 Å². The molecule has 0 N–H and O–H groups in total. The van der Waals surface area contributed by atoms with Crippen LogP contribution in [0.25, 0.3) is 0 Å². The summed E-state index contributed by atoms with van der Waals surface area (Å²) in [5, 5.41) is 0. The Morgan fingerprint density at radius 1 is 1.04 bits per heavy atom. The third-order valence-corrected chi connectivity index (χ3v) is 4.72. The lowest BCUT2D eigenvalue weighted by atomic mass is 9.92. The van der Waals surface area contributed by atoms with Crippen LogP contribution < -0.4 is 9.80 Å². The number of fused-ring (bicyclic) bond motifs is 1. The number of anilines is 2. The summed E-state index contributed by atoms with van der Waals surface area (Å²) in [6.07, 6.45) is 6.98. The number of hydrogen-bond acceptors (Lipinski definition) is 2. The molecule has 1 heterocycles. The largest absolute Gasteiger partial charge is 0.310 e. The van der Waals surface area contributed by atoms with Crippen LogP contribution in [0.3, 0.4) is 0 Å². The molecule has 23 heavy (non-hydrogen) atoms. The Hall–Kier alpha value is -2.10. The van der Waals surface area contributed by atoms with Crippen molar-refractivity contribution in [1.29, 1.82) is 0 Å². The molecule has 2 aliphatic rings. The van der Waals surface area contributed by atoms with Crippen LogP contribution >= 0.6 is 0 Å². The Balaban J connectivity index is 1.98. The van der Waals surface area contributed by atoms with Crippen LogP contribution in [0.2, 0.25) is 0 Å². The summed E-state index contributed by atoms with van der Waals surface area (Å²) >= 11 is 0. The Morgan fingerprint density at radius 3 is 2.30 bits per heavy atom. The van der Waals surface area contributed by atoms with Crippen molar-refractivity contribution in [3.05, 3.63) is 36.4 Å². The van der Waals surface area contributed by atoms with Gasteiger partial charge in [0.05, 0.1) is 11.4 Å². The van der Waals surface area contributed by atoms with Gasteiger partial charge in [0.25, 0.3) is 0 Å². The number of benzene rings is 1. The molecule has 0 saturated heterocycles. The van der Waals surface area contributed by atoms with Crippen LogP contribution in [0.4, 0.5) is 11.4 Å². The third-order valence-electron chi connectivity index (χ3n) is 4.72. The van der Waals surface area contributed by atoms with Gasteiger partial charge in [-0.25, -0.2) is 0 Å². The Labute approximate surface area is 137 Å². The van der Waals surface area contributed by atoms with E-state index in [1.165, 1.54) is 0 Å². The maximum absolute atomic E-state index is 13.1. The zero-order valence-corrected chi connectivity index (χ0v) is 13.9. The Morgan fingerprint density at radius 2 is 1.70 bits per heavy atom. The van der Waals surface area contributed by atoms with E-state index < -0.39 is 0 Å². The summed E-state index contributed by atoms with van der Waals surface area (Å²) < 4.78 is 0. The smallest absolute Gasteiger partial charge is 0.230 e. The minimum Gasteiger partial charge on any atom is -0.310 e. The van der Waals surface area contributed by atoms with E-state index in [-0.39, 0.29) is 23.7 Å². The molecular formula is C19H24N2O2. The molecule has 4 heteroatoms. The van der Waals surface area contributed by atoms with Crippen LogP contribution in [0.1, 0.15) is 33.1 Å². The normalized spacial score (nSPS) is 24.1. The quantitative estimate of drug-likeness (QED) is 0.746. The fourth-order valence-electron chi connectivity index (χ4n) is 3.54. The van der Waals surface area contributed by atoms with Gasteiger partial charge < -0.3 is 9.80 Å². The van der Waals surface area contributed by atoms with E-state index in [2.05, 4.69) is 19.1 Å². The van der Waals surface area contributed by atoms with Crippen molar-refractivity contribution in [3.63, 3.8) is 0 Å². The van der Waals surface area contributed by atoms with Gasteiger partial charge in [-0.2, -0.15) is 0 Å².